The van der Waals surface area contributed by atoms with Gasteiger partial charge < -0.3 is 59.8 Å². The summed E-state index contributed by atoms with van der Waals surface area (Å²) in [4.78, 5) is 0. The third-order valence-corrected chi connectivity index (χ3v) is 5.52. The van der Waals surface area contributed by atoms with Gasteiger partial charge in [0, 0.05) is 0 Å². The molecule has 0 amide bonds. The Morgan fingerprint density at radius 2 is 1.38 bits per heavy atom. The van der Waals surface area contributed by atoms with E-state index in [2.05, 4.69) is 0 Å². The van der Waals surface area contributed by atoms with Gasteiger partial charge in [-0.3, -0.25) is 0 Å². The summed E-state index contributed by atoms with van der Waals surface area (Å²) in [6, 6.07) is 4.44. The van der Waals surface area contributed by atoms with E-state index >= 15 is 0 Å². The third kappa shape index (κ3) is 5.66. The summed E-state index contributed by atoms with van der Waals surface area (Å²) >= 11 is 0. The number of hydrogen-bond acceptors (Lipinski definition) is 12. The highest BCUT2D eigenvalue weighted by Gasteiger charge is 2.47. The first-order valence-electron chi connectivity index (χ1n) is 10.3. The molecule has 0 radical (unpaired) electrons. The van der Waals surface area contributed by atoms with E-state index in [-0.39, 0.29) is 24.7 Å². The zero-order valence-electron chi connectivity index (χ0n) is 17.2. The predicted molar refractivity (Wildman–Crippen MR) is 104 cm³/mol. The molecule has 2 saturated heterocycles. The number of aliphatic hydroxyl groups excluding tert-OH is 6. The van der Waals surface area contributed by atoms with E-state index in [1.807, 2.05) is 0 Å². The highest BCUT2D eigenvalue weighted by Crippen LogP contribution is 2.27. The number of ether oxygens (including phenoxy) is 4. The summed E-state index contributed by atoms with van der Waals surface area (Å²) in [5.41, 5.74) is 0.759. The van der Waals surface area contributed by atoms with Crippen LogP contribution < -0.4 is 0 Å². The molecule has 182 valence electrons. The van der Waals surface area contributed by atoms with Gasteiger partial charge in [0.25, 0.3) is 0 Å². The Hall–Kier alpha value is -1.58. The molecular formula is C20H30O12. The van der Waals surface area contributed by atoms with Gasteiger partial charge in [0.1, 0.15) is 42.7 Å². The average Bonchev–Trinajstić information content (AvgIpc) is 3.05. The number of aromatic hydroxyl groups is 2. The second kappa shape index (κ2) is 11.0. The zero-order valence-corrected chi connectivity index (χ0v) is 17.2. The maximum Gasteiger partial charge on any atom is 0.186 e. The molecule has 2 fully saturated rings. The molecule has 9 atom stereocenters. The van der Waals surface area contributed by atoms with Gasteiger partial charge in [0.2, 0.25) is 0 Å². The van der Waals surface area contributed by atoms with Crippen LogP contribution in [-0.2, 0) is 25.4 Å². The Balaban J connectivity index is 1.48. The molecule has 1 aromatic rings. The lowest BCUT2D eigenvalue weighted by molar-refractivity contribution is -0.310. The molecule has 2 aliphatic heterocycles. The van der Waals surface area contributed by atoms with Gasteiger partial charge >= 0.3 is 0 Å². The van der Waals surface area contributed by atoms with Crippen molar-refractivity contribution >= 4 is 0 Å². The summed E-state index contributed by atoms with van der Waals surface area (Å²) in [5.74, 6) is -0.454. The van der Waals surface area contributed by atoms with Crippen molar-refractivity contribution in [2.45, 2.75) is 68.1 Å². The summed E-state index contributed by atoms with van der Waals surface area (Å²) in [6.07, 6.45) is -11.1. The molecule has 32 heavy (non-hydrogen) atoms. The molecule has 0 saturated carbocycles. The van der Waals surface area contributed by atoms with Crippen molar-refractivity contribution < 1.29 is 59.8 Å². The minimum absolute atomic E-state index is 0.120. The first kappa shape index (κ1) is 25.1. The maximum absolute atomic E-state index is 10.2. The number of hydrogen-bond donors (Lipinski definition) is 8. The monoisotopic (exact) mass is 462 g/mol. The second-order valence-corrected chi connectivity index (χ2v) is 7.85. The lowest BCUT2D eigenvalue weighted by Crippen LogP contribution is -2.59. The Morgan fingerprint density at radius 3 is 2.03 bits per heavy atom. The van der Waals surface area contributed by atoms with E-state index in [0.29, 0.717) is 12.8 Å². The molecule has 8 N–H and O–H groups in total. The van der Waals surface area contributed by atoms with Crippen LogP contribution in [-0.4, -0.2) is 116 Å². The molecule has 0 unspecified atom stereocenters. The number of aliphatic hydroxyl groups is 6. The molecule has 1 aromatic carbocycles. The maximum atomic E-state index is 10.2. The summed E-state index contributed by atoms with van der Waals surface area (Å²) in [7, 11) is 0. The zero-order chi connectivity index (χ0) is 23.4. The van der Waals surface area contributed by atoms with E-state index in [0.717, 1.165) is 5.56 Å². The fourth-order valence-electron chi connectivity index (χ4n) is 3.59. The minimum Gasteiger partial charge on any atom is -0.504 e. The molecule has 0 spiro atoms. The SMILES string of the molecule is OC[C@@H]1O[C@@H](OC[C@H]2O[C@@H](OCCCc3ccc(O)c(O)c3)[C@H](O)[C@@H](O)[C@@H]2O)[C@H](O)[C@H]1O. The highest BCUT2D eigenvalue weighted by atomic mass is 16.7. The molecule has 0 bridgehead atoms. The van der Waals surface area contributed by atoms with Crippen LogP contribution in [0.15, 0.2) is 18.2 Å². The third-order valence-electron chi connectivity index (χ3n) is 5.52. The van der Waals surface area contributed by atoms with Gasteiger partial charge in [-0.25, -0.2) is 0 Å². The van der Waals surface area contributed by atoms with Gasteiger partial charge in [-0.05, 0) is 30.5 Å². The molecule has 0 aliphatic carbocycles. The number of phenols is 2. The predicted octanol–water partition coefficient (Wildman–Crippen LogP) is -2.69. The van der Waals surface area contributed by atoms with Crippen LogP contribution in [0.25, 0.3) is 0 Å². The first-order chi connectivity index (χ1) is 15.2. The summed E-state index contributed by atoms with van der Waals surface area (Å²) in [6.45, 7) is -0.760. The molecule has 0 aromatic heterocycles. The van der Waals surface area contributed by atoms with Crippen molar-refractivity contribution in [1.29, 1.82) is 0 Å². The van der Waals surface area contributed by atoms with E-state index < -0.39 is 61.9 Å². The van der Waals surface area contributed by atoms with E-state index in [1.165, 1.54) is 12.1 Å². The van der Waals surface area contributed by atoms with E-state index in [1.54, 1.807) is 6.07 Å². The second-order valence-electron chi connectivity index (χ2n) is 7.85. The molecule has 3 rings (SSSR count). The normalized spacial score (nSPS) is 37.6. The van der Waals surface area contributed by atoms with Crippen LogP contribution in [0, 0.1) is 0 Å². The fourth-order valence-corrected chi connectivity index (χ4v) is 3.59. The van der Waals surface area contributed by atoms with E-state index in [9.17, 15) is 35.7 Å². The highest BCUT2D eigenvalue weighted by molar-refractivity contribution is 5.40. The molecule has 2 heterocycles. The quantitative estimate of drug-likeness (QED) is 0.140. The van der Waals surface area contributed by atoms with Crippen LogP contribution in [0.5, 0.6) is 11.5 Å². The summed E-state index contributed by atoms with van der Waals surface area (Å²) < 4.78 is 21.5. The molecule has 12 nitrogen and oxygen atoms in total. The fraction of sp³-hybridized carbons (Fsp3) is 0.700. The molecule has 2 aliphatic rings. The number of rotatable bonds is 9. The first-order valence-corrected chi connectivity index (χ1v) is 10.3. The van der Waals surface area contributed by atoms with Crippen molar-refractivity contribution in [3.05, 3.63) is 23.8 Å². The minimum atomic E-state index is -1.58. The Kier molecular flexibility index (Phi) is 8.63. The van der Waals surface area contributed by atoms with Crippen LogP contribution in [0.2, 0.25) is 0 Å². The van der Waals surface area contributed by atoms with Crippen molar-refractivity contribution in [1.82, 2.24) is 0 Å². The average molecular weight is 462 g/mol. The van der Waals surface area contributed by atoms with Crippen molar-refractivity contribution in [2.24, 2.45) is 0 Å². The van der Waals surface area contributed by atoms with E-state index in [4.69, 9.17) is 24.1 Å². The Bertz CT molecular complexity index is 733. The van der Waals surface area contributed by atoms with Gasteiger partial charge in [-0.15, -0.1) is 0 Å². The van der Waals surface area contributed by atoms with Crippen molar-refractivity contribution in [3.8, 4) is 11.5 Å². The Labute approximate surface area is 183 Å². The standard InChI is InChI=1S/C20H30O12/c21-7-12-14(24)17(27)20(31-12)30-8-13-15(25)16(26)18(28)19(32-13)29-5-1-2-9-3-4-10(22)11(23)6-9/h3-4,6,12-28H,1-2,5,7-8H2/t12-,13+,14-,15+,16-,17+,18+,19+,20+/m0/s1. The van der Waals surface area contributed by atoms with Gasteiger partial charge in [0.15, 0.2) is 24.1 Å². The topological polar surface area (TPSA) is 199 Å². The largest absolute Gasteiger partial charge is 0.504 e. The molecular weight excluding hydrogens is 432 g/mol. The number of aryl methyl sites for hydroxylation is 1. The van der Waals surface area contributed by atoms with Crippen molar-refractivity contribution in [2.75, 3.05) is 19.8 Å². The van der Waals surface area contributed by atoms with Crippen molar-refractivity contribution in [3.63, 3.8) is 0 Å². The molecule has 12 heteroatoms. The lowest BCUT2D eigenvalue weighted by Gasteiger charge is -2.40. The van der Waals surface area contributed by atoms with Gasteiger partial charge in [0.05, 0.1) is 19.8 Å². The number of benzene rings is 1. The van der Waals surface area contributed by atoms with Crippen LogP contribution in [0.3, 0.4) is 0 Å². The van der Waals surface area contributed by atoms with Crippen LogP contribution in [0.4, 0.5) is 0 Å². The van der Waals surface area contributed by atoms with Gasteiger partial charge in [-0.1, -0.05) is 6.07 Å². The smallest absolute Gasteiger partial charge is 0.186 e. The van der Waals surface area contributed by atoms with Crippen LogP contribution in [0.1, 0.15) is 12.0 Å². The van der Waals surface area contributed by atoms with Gasteiger partial charge in [-0.2, -0.15) is 0 Å². The lowest BCUT2D eigenvalue weighted by atomic mass is 9.99. The summed E-state index contributed by atoms with van der Waals surface area (Å²) in [5, 5.41) is 78.1. The Morgan fingerprint density at radius 1 is 0.750 bits per heavy atom. The number of phenolic OH excluding ortho intramolecular Hbond substituents is 2. The van der Waals surface area contributed by atoms with Crippen LogP contribution >= 0.6 is 0 Å².